The number of nitrogens with one attached hydrogen (secondary N) is 1. The van der Waals surface area contributed by atoms with Crippen LogP contribution in [0, 0.1) is 5.82 Å². The van der Waals surface area contributed by atoms with E-state index in [1.54, 1.807) is 35.8 Å². The Hall–Kier alpha value is -4.98. The molecular weight excluding hydrogens is 546 g/mol. The summed E-state index contributed by atoms with van der Waals surface area (Å²) in [5.74, 6) is -1.79. The third-order valence-corrected chi connectivity index (χ3v) is 6.59. The van der Waals surface area contributed by atoms with Gasteiger partial charge in [-0.2, -0.15) is 18.3 Å². The number of primary amides is 1. The summed E-state index contributed by atoms with van der Waals surface area (Å²) in [6.45, 7) is 2.01. The molecule has 10 nitrogen and oxygen atoms in total. The summed E-state index contributed by atoms with van der Waals surface area (Å²) in [5, 5.41) is 17.4. The van der Waals surface area contributed by atoms with E-state index in [4.69, 9.17) is 5.73 Å². The van der Waals surface area contributed by atoms with Crippen molar-refractivity contribution in [2.24, 2.45) is 12.8 Å². The van der Waals surface area contributed by atoms with Gasteiger partial charge in [0.25, 0.3) is 5.91 Å². The molecule has 0 bridgehead atoms. The van der Waals surface area contributed by atoms with Gasteiger partial charge in [-0.05, 0) is 55.5 Å². The van der Waals surface area contributed by atoms with Crippen molar-refractivity contribution >= 4 is 22.6 Å². The maximum atomic E-state index is 14.8. The van der Waals surface area contributed by atoms with E-state index in [-0.39, 0.29) is 34.5 Å². The van der Waals surface area contributed by atoms with E-state index in [1.807, 2.05) is 0 Å². The Morgan fingerprint density at radius 1 is 1.15 bits per heavy atom. The third kappa shape index (κ3) is 4.93. The normalized spacial score (nSPS) is 12.6. The molecule has 0 saturated heterocycles. The van der Waals surface area contributed by atoms with Crippen LogP contribution in [0.1, 0.15) is 34.6 Å². The molecule has 0 aliphatic rings. The Morgan fingerprint density at radius 3 is 2.44 bits per heavy atom. The van der Waals surface area contributed by atoms with Crippen molar-refractivity contribution in [3.8, 4) is 17.1 Å². The maximum absolute atomic E-state index is 14.8. The topological polar surface area (TPSA) is 133 Å². The zero-order valence-corrected chi connectivity index (χ0v) is 21.6. The largest absolute Gasteiger partial charge is 0.416 e. The van der Waals surface area contributed by atoms with Crippen LogP contribution in [-0.4, -0.2) is 34.9 Å². The molecular formula is C27H23F4N7O3. The van der Waals surface area contributed by atoms with Crippen molar-refractivity contribution in [3.63, 3.8) is 0 Å². The van der Waals surface area contributed by atoms with Crippen LogP contribution in [0.5, 0.6) is 0 Å². The van der Waals surface area contributed by atoms with Gasteiger partial charge < -0.3 is 20.7 Å². The van der Waals surface area contributed by atoms with E-state index in [2.05, 4.69) is 15.4 Å². The van der Waals surface area contributed by atoms with Crippen LogP contribution >= 0.6 is 0 Å². The van der Waals surface area contributed by atoms with Crippen LogP contribution in [-0.2, 0) is 19.8 Å². The first-order valence-corrected chi connectivity index (χ1v) is 12.3. The molecule has 0 aliphatic carbocycles. The van der Waals surface area contributed by atoms with Gasteiger partial charge in [-0.15, -0.1) is 0 Å². The van der Waals surface area contributed by atoms with E-state index in [0.29, 0.717) is 17.1 Å². The summed E-state index contributed by atoms with van der Waals surface area (Å²) in [7, 11) is 1.51. The minimum absolute atomic E-state index is 0.0496. The second-order valence-corrected chi connectivity index (χ2v) is 9.14. The van der Waals surface area contributed by atoms with Gasteiger partial charge in [0.05, 0.1) is 33.5 Å². The van der Waals surface area contributed by atoms with Crippen molar-refractivity contribution in [1.29, 1.82) is 0 Å². The summed E-state index contributed by atoms with van der Waals surface area (Å²) in [5.41, 5.74) is 3.97. The Bertz CT molecular complexity index is 1840. The molecule has 0 aliphatic heterocycles. The van der Waals surface area contributed by atoms with Gasteiger partial charge in [0.2, 0.25) is 0 Å². The summed E-state index contributed by atoms with van der Waals surface area (Å²) in [6.07, 6.45) is -5.23. The highest BCUT2D eigenvalue weighted by Crippen LogP contribution is 2.38. The number of nitrogens with two attached hydrogens (primary N) is 1. The quantitative estimate of drug-likeness (QED) is 0.201. The molecule has 1 amide bonds. The summed E-state index contributed by atoms with van der Waals surface area (Å²) in [4.78, 5) is 28.2. The maximum Gasteiger partial charge on any atom is 0.416 e. The number of hydrogen-bond donors (Lipinski definition) is 3. The first-order valence-electron chi connectivity index (χ1n) is 12.3. The summed E-state index contributed by atoms with van der Waals surface area (Å²) < 4.78 is 60.5. The minimum Gasteiger partial charge on any atom is -0.369 e. The van der Waals surface area contributed by atoms with Gasteiger partial charge >= 0.3 is 11.9 Å². The summed E-state index contributed by atoms with van der Waals surface area (Å²) in [6, 6.07) is 11.9. The molecule has 41 heavy (non-hydrogen) atoms. The highest BCUT2D eigenvalue weighted by molar-refractivity contribution is 5.94. The van der Waals surface area contributed by atoms with Crippen molar-refractivity contribution in [2.75, 3.05) is 5.32 Å². The average molecular weight is 570 g/mol. The van der Waals surface area contributed by atoms with E-state index in [9.17, 15) is 32.3 Å². The second-order valence-electron chi connectivity index (χ2n) is 9.14. The molecule has 0 spiro atoms. The monoisotopic (exact) mass is 569 g/mol. The lowest BCUT2D eigenvalue weighted by Crippen LogP contribution is -2.21. The fourth-order valence-corrected chi connectivity index (χ4v) is 4.59. The highest BCUT2D eigenvalue weighted by Gasteiger charge is 2.33. The molecule has 14 heteroatoms. The van der Waals surface area contributed by atoms with Crippen molar-refractivity contribution < 1.29 is 27.5 Å². The number of aliphatic hydroxyl groups is 1. The zero-order chi connectivity index (χ0) is 29.6. The number of aromatic nitrogens is 5. The predicted molar refractivity (Wildman–Crippen MR) is 142 cm³/mol. The number of aliphatic hydroxyl groups excluding tert-OH is 1. The highest BCUT2D eigenvalue weighted by atomic mass is 19.4. The number of fused-ring (bicyclic) bond motifs is 1. The Balaban J connectivity index is 1.64. The number of hydrogen-bond acceptors (Lipinski definition) is 6. The van der Waals surface area contributed by atoms with Gasteiger partial charge in [-0.3, -0.25) is 4.79 Å². The number of alkyl halides is 3. The van der Waals surface area contributed by atoms with Gasteiger partial charge in [0.15, 0.2) is 12.0 Å². The number of amides is 1. The van der Waals surface area contributed by atoms with Crippen LogP contribution < -0.4 is 16.7 Å². The number of anilines is 1. The molecule has 0 fully saturated rings. The van der Waals surface area contributed by atoms with Gasteiger partial charge in [-0.1, -0.05) is 6.07 Å². The Morgan fingerprint density at radius 2 is 1.85 bits per heavy atom. The number of carbonyl (C=O) groups excluding carboxylic acids is 1. The fourth-order valence-electron chi connectivity index (χ4n) is 4.59. The molecule has 2 aromatic heterocycles. The third-order valence-electron chi connectivity index (χ3n) is 6.59. The second kappa shape index (κ2) is 10.2. The smallest absolute Gasteiger partial charge is 0.369 e. The molecule has 1 unspecified atom stereocenters. The molecule has 0 saturated carbocycles. The standard InChI is InChI=1S/C27H23F4N7O3/c1-3-37-22-18(25(40)35-19-6-4-5-17(21(19)28)23(32)39)11-15(27(29,30)31)12-20(22)34-24(37)14-7-9-16(10-8-14)38-13-33-36(2)26(38)41/h4-13,25,35,40H,3H2,1-2H3,(H2,32,39). The SMILES string of the molecule is CCn1c(-c2ccc(-n3cnn(C)c3=O)cc2)nc2cc(C(F)(F)F)cc(C(O)Nc3cccc(C(N)=O)c3F)c21. The molecule has 212 valence electrons. The first kappa shape index (κ1) is 27.6. The number of rotatable bonds is 7. The molecule has 1 atom stereocenters. The lowest BCUT2D eigenvalue weighted by molar-refractivity contribution is -0.137. The average Bonchev–Trinajstić information content (AvgIpc) is 3.47. The number of halogens is 4. The van der Waals surface area contributed by atoms with Crippen molar-refractivity contribution in [3.05, 3.63) is 93.9 Å². The van der Waals surface area contributed by atoms with Gasteiger partial charge in [0, 0.05) is 24.7 Å². The van der Waals surface area contributed by atoms with E-state index in [1.165, 1.54) is 34.8 Å². The minimum atomic E-state index is -4.77. The number of carbonyl (C=O) groups is 1. The molecule has 3 aromatic carbocycles. The lowest BCUT2D eigenvalue weighted by Gasteiger charge is -2.19. The van der Waals surface area contributed by atoms with E-state index >= 15 is 0 Å². The van der Waals surface area contributed by atoms with Crippen LogP contribution in [0.4, 0.5) is 23.2 Å². The van der Waals surface area contributed by atoms with Gasteiger partial charge in [-0.25, -0.2) is 23.4 Å². The molecule has 4 N–H and O–H groups in total. The first-order chi connectivity index (χ1) is 19.4. The Kier molecular flexibility index (Phi) is 6.87. The number of aryl methyl sites for hydroxylation is 2. The van der Waals surface area contributed by atoms with Crippen molar-refractivity contribution in [2.45, 2.75) is 25.9 Å². The van der Waals surface area contributed by atoms with E-state index in [0.717, 1.165) is 18.2 Å². The number of benzene rings is 3. The van der Waals surface area contributed by atoms with Crippen molar-refractivity contribution in [1.82, 2.24) is 23.9 Å². The zero-order valence-electron chi connectivity index (χ0n) is 21.6. The molecule has 5 aromatic rings. The summed E-state index contributed by atoms with van der Waals surface area (Å²) >= 11 is 0. The lowest BCUT2D eigenvalue weighted by atomic mass is 10.1. The van der Waals surface area contributed by atoms with Crippen LogP contribution in [0.25, 0.3) is 28.1 Å². The molecule has 0 radical (unpaired) electrons. The molecule has 2 heterocycles. The number of nitrogens with zero attached hydrogens (tertiary/aromatic N) is 5. The Labute approximate surface area is 229 Å². The predicted octanol–water partition coefficient (Wildman–Crippen LogP) is 3.97. The molecule has 5 rings (SSSR count). The van der Waals surface area contributed by atoms with Gasteiger partial charge in [0.1, 0.15) is 12.2 Å². The number of imidazole rings is 1. The van der Waals surface area contributed by atoms with Crippen LogP contribution in [0.3, 0.4) is 0 Å². The van der Waals surface area contributed by atoms with E-state index < -0.39 is 35.3 Å². The van der Waals surface area contributed by atoms with Crippen LogP contribution in [0.15, 0.2) is 65.7 Å². The fraction of sp³-hybridized carbons (Fsp3) is 0.185. The van der Waals surface area contributed by atoms with Crippen LogP contribution in [0.2, 0.25) is 0 Å².